The molecule has 0 aliphatic rings. The van der Waals surface area contributed by atoms with E-state index >= 15 is 0 Å². The first-order valence-corrected chi connectivity index (χ1v) is 18.4. The van der Waals surface area contributed by atoms with Crippen molar-refractivity contribution in [3.63, 3.8) is 0 Å². The molecule has 0 saturated heterocycles. The summed E-state index contributed by atoms with van der Waals surface area (Å²) in [6.07, 6.45) is 0. The predicted molar refractivity (Wildman–Crippen MR) is 228 cm³/mol. The Morgan fingerprint density at radius 3 is 1.24 bits per heavy atom. The number of anilines is 3. The lowest BCUT2D eigenvalue weighted by atomic mass is 9.94. The van der Waals surface area contributed by atoms with Crippen LogP contribution in [0.3, 0.4) is 0 Å². The number of rotatable bonds is 7. The number of hydrogen-bond donors (Lipinski definition) is 0. The molecule has 1 aromatic heterocycles. The Morgan fingerprint density at radius 1 is 0.296 bits per heavy atom. The molecule has 0 spiro atoms. The molecule has 9 aromatic carbocycles. The highest BCUT2D eigenvalue weighted by molar-refractivity contribution is 6.24. The highest BCUT2D eigenvalue weighted by Gasteiger charge is 2.23. The number of hydrogen-bond acceptors (Lipinski definition) is 2. The third kappa shape index (κ3) is 5.62. The number of benzene rings is 9. The molecule has 10 rings (SSSR count). The van der Waals surface area contributed by atoms with Crippen LogP contribution in [0, 0.1) is 0 Å². The van der Waals surface area contributed by atoms with Gasteiger partial charge in [-0.2, -0.15) is 0 Å². The van der Waals surface area contributed by atoms with Crippen LogP contribution in [0.25, 0.3) is 77.2 Å². The van der Waals surface area contributed by atoms with Gasteiger partial charge in [0.2, 0.25) is 0 Å². The molecular formula is C52H35NO. The fourth-order valence-electron chi connectivity index (χ4n) is 7.85. The molecule has 1 heterocycles. The molecule has 2 heteroatoms. The van der Waals surface area contributed by atoms with Gasteiger partial charge in [-0.15, -0.1) is 0 Å². The van der Waals surface area contributed by atoms with Crippen molar-refractivity contribution in [2.75, 3.05) is 4.90 Å². The zero-order valence-electron chi connectivity index (χ0n) is 29.6. The van der Waals surface area contributed by atoms with E-state index in [2.05, 4.69) is 217 Å². The van der Waals surface area contributed by atoms with Gasteiger partial charge in [-0.1, -0.05) is 170 Å². The topological polar surface area (TPSA) is 16.4 Å². The highest BCUT2D eigenvalue weighted by atomic mass is 16.3. The Kier molecular flexibility index (Phi) is 7.85. The van der Waals surface area contributed by atoms with E-state index in [-0.39, 0.29) is 0 Å². The van der Waals surface area contributed by atoms with Gasteiger partial charge in [-0.05, 0) is 92.2 Å². The normalized spacial score (nSPS) is 11.3. The number of fused-ring (bicyclic) bond motifs is 5. The van der Waals surface area contributed by atoms with Crippen molar-refractivity contribution in [3.05, 3.63) is 212 Å². The van der Waals surface area contributed by atoms with Crippen LogP contribution in [0.2, 0.25) is 0 Å². The van der Waals surface area contributed by atoms with Gasteiger partial charge >= 0.3 is 0 Å². The van der Waals surface area contributed by atoms with Gasteiger partial charge in [0.1, 0.15) is 11.2 Å². The lowest BCUT2D eigenvalue weighted by molar-refractivity contribution is 0.669. The summed E-state index contributed by atoms with van der Waals surface area (Å²) in [6.45, 7) is 0. The average Bonchev–Trinajstić information content (AvgIpc) is 3.65. The summed E-state index contributed by atoms with van der Waals surface area (Å²) in [5.74, 6) is 0. The lowest BCUT2D eigenvalue weighted by Gasteiger charge is -2.28. The molecule has 0 aliphatic heterocycles. The Hall–Kier alpha value is -7.16. The summed E-state index contributed by atoms with van der Waals surface area (Å²) in [5.41, 5.74) is 14.4. The van der Waals surface area contributed by atoms with E-state index in [0.29, 0.717) is 0 Å². The van der Waals surface area contributed by atoms with Crippen molar-refractivity contribution >= 4 is 49.8 Å². The smallest absolute Gasteiger partial charge is 0.136 e. The minimum atomic E-state index is 0.873. The molecule has 0 radical (unpaired) electrons. The van der Waals surface area contributed by atoms with Crippen LogP contribution in [-0.4, -0.2) is 0 Å². The van der Waals surface area contributed by atoms with E-state index in [9.17, 15) is 0 Å². The summed E-state index contributed by atoms with van der Waals surface area (Å²) in [4.78, 5) is 2.39. The fraction of sp³-hybridized carbons (Fsp3) is 0. The summed E-state index contributed by atoms with van der Waals surface area (Å²) in [5, 5.41) is 4.63. The quantitative estimate of drug-likeness (QED) is 0.166. The maximum Gasteiger partial charge on any atom is 0.136 e. The predicted octanol–water partition coefficient (Wildman–Crippen LogP) is 14.9. The molecule has 0 fully saturated rings. The first-order valence-electron chi connectivity index (χ1n) is 18.4. The largest absolute Gasteiger partial charge is 0.456 e. The van der Waals surface area contributed by atoms with E-state index in [1.165, 1.54) is 44.2 Å². The van der Waals surface area contributed by atoms with Crippen molar-refractivity contribution in [2.45, 2.75) is 0 Å². The molecule has 54 heavy (non-hydrogen) atoms. The monoisotopic (exact) mass is 689 g/mol. The third-order valence-electron chi connectivity index (χ3n) is 10.5. The van der Waals surface area contributed by atoms with Crippen LogP contribution in [0.1, 0.15) is 0 Å². The Bertz CT molecular complexity index is 2880. The van der Waals surface area contributed by atoms with Crippen molar-refractivity contribution in [2.24, 2.45) is 0 Å². The molecule has 0 N–H and O–H groups in total. The molecule has 0 aliphatic carbocycles. The molecular weight excluding hydrogens is 655 g/mol. The second kappa shape index (κ2) is 13.4. The second-order valence-corrected chi connectivity index (χ2v) is 13.7. The first-order chi connectivity index (χ1) is 26.8. The molecule has 0 saturated carbocycles. The Balaban J connectivity index is 1.17. The van der Waals surface area contributed by atoms with E-state index in [4.69, 9.17) is 4.42 Å². The van der Waals surface area contributed by atoms with Crippen LogP contribution in [0.5, 0.6) is 0 Å². The maximum atomic E-state index is 6.62. The van der Waals surface area contributed by atoms with Gasteiger partial charge in [0, 0.05) is 27.7 Å². The van der Waals surface area contributed by atoms with Gasteiger partial charge in [-0.25, -0.2) is 0 Å². The van der Waals surface area contributed by atoms with Gasteiger partial charge in [0.05, 0.1) is 5.69 Å². The zero-order chi connectivity index (χ0) is 35.8. The molecule has 2 nitrogen and oxygen atoms in total. The molecule has 0 atom stereocenters. The van der Waals surface area contributed by atoms with Gasteiger partial charge in [-0.3, -0.25) is 0 Å². The summed E-state index contributed by atoms with van der Waals surface area (Å²) < 4.78 is 6.62. The van der Waals surface area contributed by atoms with Crippen molar-refractivity contribution in [3.8, 4) is 44.5 Å². The standard InChI is InChI=1S/C52H35NO/c1-4-12-36(13-5-1)38-20-22-39(23-21-38)41-26-31-45(32-27-41)53(44-29-24-40(25-30-44)37-14-6-2-7-15-37)47-33-35-49-52(50(47)43-17-8-3-9-18-43)51-46-19-11-10-16-42(46)28-34-48(51)54-49/h1-35H. The van der Waals surface area contributed by atoms with E-state index in [1.54, 1.807) is 0 Å². The Morgan fingerprint density at radius 2 is 0.704 bits per heavy atom. The Labute approximate surface area is 314 Å². The van der Waals surface area contributed by atoms with Crippen LogP contribution in [0.15, 0.2) is 217 Å². The minimum Gasteiger partial charge on any atom is -0.456 e. The summed E-state index contributed by atoms with van der Waals surface area (Å²) >= 11 is 0. The van der Waals surface area contributed by atoms with Crippen molar-refractivity contribution in [1.82, 2.24) is 0 Å². The number of furan rings is 1. The van der Waals surface area contributed by atoms with Gasteiger partial charge in [0.25, 0.3) is 0 Å². The highest BCUT2D eigenvalue weighted by Crippen LogP contribution is 2.48. The van der Waals surface area contributed by atoms with Crippen molar-refractivity contribution in [1.29, 1.82) is 0 Å². The molecule has 0 unspecified atom stereocenters. The SMILES string of the molecule is c1ccc(-c2ccc(-c3ccc(N(c4ccc(-c5ccccc5)cc4)c4ccc5oc6ccc7ccccc7c6c5c4-c4ccccc4)cc3)cc2)cc1. The van der Waals surface area contributed by atoms with Gasteiger partial charge < -0.3 is 9.32 Å². The average molecular weight is 690 g/mol. The van der Waals surface area contributed by atoms with Gasteiger partial charge in [0.15, 0.2) is 0 Å². The second-order valence-electron chi connectivity index (χ2n) is 13.7. The molecule has 254 valence electrons. The first kappa shape index (κ1) is 31.6. The van der Waals surface area contributed by atoms with Crippen molar-refractivity contribution < 1.29 is 4.42 Å². The van der Waals surface area contributed by atoms with Crippen LogP contribution >= 0.6 is 0 Å². The van der Waals surface area contributed by atoms with E-state index < -0.39 is 0 Å². The third-order valence-corrected chi connectivity index (χ3v) is 10.5. The molecule has 10 aromatic rings. The van der Waals surface area contributed by atoms with E-state index in [0.717, 1.165) is 50.1 Å². The zero-order valence-corrected chi connectivity index (χ0v) is 29.6. The fourth-order valence-corrected chi connectivity index (χ4v) is 7.85. The van der Waals surface area contributed by atoms with Crippen LogP contribution < -0.4 is 4.90 Å². The van der Waals surface area contributed by atoms with Crippen LogP contribution in [0.4, 0.5) is 17.1 Å². The molecule has 0 amide bonds. The lowest BCUT2D eigenvalue weighted by Crippen LogP contribution is -2.11. The summed E-state index contributed by atoms with van der Waals surface area (Å²) in [6, 6.07) is 75.8. The maximum absolute atomic E-state index is 6.62. The van der Waals surface area contributed by atoms with E-state index in [1.807, 2.05) is 0 Å². The number of nitrogens with zero attached hydrogens (tertiary/aromatic N) is 1. The minimum absolute atomic E-state index is 0.873. The summed E-state index contributed by atoms with van der Waals surface area (Å²) in [7, 11) is 0. The van der Waals surface area contributed by atoms with Crippen LogP contribution in [-0.2, 0) is 0 Å². The molecule has 0 bridgehead atoms.